The van der Waals surface area contributed by atoms with Crippen LogP contribution in [0.25, 0.3) is 0 Å². The van der Waals surface area contributed by atoms with Gasteiger partial charge in [0.1, 0.15) is 4.90 Å². The molecule has 0 atom stereocenters. The normalized spacial score (nSPS) is 17.0. The van der Waals surface area contributed by atoms with Crippen molar-refractivity contribution in [2.45, 2.75) is 18.2 Å². The Morgan fingerprint density at radius 1 is 1.19 bits per heavy atom. The molecule has 5 nitrogen and oxygen atoms in total. The molecule has 0 N–H and O–H groups in total. The van der Waals surface area contributed by atoms with E-state index >= 15 is 0 Å². The summed E-state index contributed by atoms with van der Waals surface area (Å²) in [4.78, 5) is 13.3. The van der Waals surface area contributed by atoms with Gasteiger partial charge in [0.15, 0.2) is 0 Å². The van der Waals surface area contributed by atoms with Crippen molar-refractivity contribution >= 4 is 39.1 Å². The molecule has 21 heavy (non-hydrogen) atoms. The lowest BCUT2D eigenvalue weighted by atomic mass is 10.3. The largest absolute Gasteiger partial charge is 0.340 e. The Hall–Kier alpha value is -0.820. The number of rotatable bonds is 3. The number of carbonyl (C=O) groups is 1. The fraction of sp³-hybridized carbons (Fsp3) is 0.462. The van der Waals surface area contributed by atoms with Crippen LogP contribution in [0.4, 0.5) is 0 Å². The van der Waals surface area contributed by atoms with Crippen LogP contribution in [0.5, 0.6) is 0 Å². The first-order valence-electron chi connectivity index (χ1n) is 6.59. The quantitative estimate of drug-likeness (QED) is 0.839. The second-order valence-corrected chi connectivity index (χ2v) is 7.46. The maximum absolute atomic E-state index is 12.6. The van der Waals surface area contributed by atoms with Gasteiger partial charge in [-0.25, -0.2) is 8.42 Å². The number of benzene rings is 1. The third-order valence-electron chi connectivity index (χ3n) is 3.40. The maximum Gasteiger partial charge on any atom is 0.244 e. The number of piperazine rings is 1. The highest BCUT2D eigenvalue weighted by atomic mass is 35.5. The molecule has 1 aromatic rings. The highest BCUT2D eigenvalue weighted by Gasteiger charge is 2.31. The summed E-state index contributed by atoms with van der Waals surface area (Å²) in [6, 6.07) is 4.36. The minimum absolute atomic E-state index is 0.00642. The first-order valence-corrected chi connectivity index (χ1v) is 8.79. The van der Waals surface area contributed by atoms with Crippen LogP contribution in [0, 0.1) is 0 Å². The van der Waals surface area contributed by atoms with E-state index < -0.39 is 10.0 Å². The van der Waals surface area contributed by atoms with E-state index in [0.717, 1.165) is 0 Å². The van der Waals surface area contributed by atoms with Crippen molar-refractivity contribution in [3.05, 3.63) is 28.2 Å². The van der Waals surface area contributed by atoms with Crippen molar-refractivity contribution in [3.8, 4) is 0 Å². The molecule has 1 fully saturated rings. The molecule has 0 unspecified atom stereocenters. The number of amides is 1. The first-order chi connectivity index (χ1) is 9.86. The Labute approximate surface area is 134 Å². The van der Waals surface area contributed by atoms with Crippen molar-refractivity contribution in [1.82, 2.24) is 9.21 Å². The van der Waals surface area contributed by atoms with Crippen LogP contribution in [-0.2, 0) is 14.8 Å². The van der Waals surface area contributed by atoms with E-state index in [1.807, 2.05) is 0 Å². The Morgan fingerprint density at radius 3 is 2.38 bits per heavy atom. The summed E-state index contributed by atoms with van der Waals surface area (Å²) in [5, 5.41) is 0.462. The molecule has 8 heteroatoms. The summed E-state index contributed by atoms with van der Waals surface area (Å²) >= 11 is 11.8. The van der Waals surface area contributed by atoms with E-state index in [2.05, 4.69) is 0 Å². The van der Waals surface area contributed by atoms with E-state index in [9.17, 15) is 13.2 Å². The summed E-state index contributed by atoms with van der Waals surface area (Å²) in [6.07, 6.45) is 0.423. The van der Waals surface area contributed by atoms with E-state index in [1.165, 1.54) is 16.4 Å². The zero-order valence-electron chi connectivity index (χ0n) is 11.6. The molecule has 0 aromatic heterocycles. The van der Waals surface area contributed by atoms with Crippen molar-refractivity contribution in [1.29, 1.82) is 0 Å². The number of sulfonamides is 1. The molecule has 1 heterocycles. The second kappa shape index (κ2) is 6.52. The number of carbonyl (C=O) groups excluding carboxylic acids is 1. The van der Waals surface area contributed by atoms with Crippen LogP contribution >= 0.6 is 23.2 Å². The van der Waals surface area contributed by atoms with E-state index in [-0.39, 0.29) is 28.9 Å². The van der Waals surface area contributed by atoms with Gasteiger partial charge in [-0.05, 0) is 18.2 Å². The van der Waals surface area contributed by atoms with Gasteiger partial charge in [-0.3, -0.25) is 4.79 Å². The molecule has 1 aliphatic rings. The Bertz CT molecular complexity index is 641. The Kier molecular flexibility index (Phi) is 5.14. The molecule has 0 aliphatic carbocycles. The average Bonchev–Trinajstić information content (AvgIpc) is 2.49. The van der Waals surface area contributed by atoms with E-state index in [1.54, 1.807) is 17.9 Å². The van der Waals surface area contributed by atoms with Crippen molar-refractivity contribution in [2.24, 2.45) is 0 Å². The standard InChI is InChI=1S/C13H16Cl2N2O3S/c1-2-13(18)16-5-7-17(8-6-16)21(19,20)12-9-10(14)3-4-11(12)15/h3-4,9H,2,5-8H2,1H3. The zero-order valence-corrected chi connectivity index (χ0v) is 13.9. The second-order valence-electron chi connectivity index (χ2n) is 4.71. The highest BCUT2D eigenvalue weighted by molar-refractivity contribution is 7.89. The van der Waals surface area contributed by atoms with Crippen molar-refractivity contribution < 1.29 is 13.2 Å². The topological polar surface area (TPSA) is 57.7 Å². The van der Waals surface area contributed by atoms with E-state index in [4.69, 9.17) is 23.2 Å². The van der Waals surface area contributed by atoms with Gasteiger partial charge in [0.05, 0.1) is 5.02 Å². The molecule has 0 radical (unpaired) electrons. The molecule has 116 valence electrons. The maximum atomic E-state index is 12.6. The monoisotopic (exact) mass is 350 g/mol. The lowest BCUT2D eigenvalue weighted by Gasteiger charge is -2.34. The van der Waals surface area contributed by atoms with Gasteiger partial charge in [0.25, 0.3) is 0 Å². The third kappa shape index (κ3) is 3.51. The Balaban J connectivity index is 2.19. The van der Waals surface area contributed by atoms with Crippen LogP contribution in [0.2, 0.25) is 10.0 Å². The fourth-order valence-corrected chi connectivity index (χ4v) is 4.37. The summed E-state index contributed by atoms with van der Waals surface area (Å²) in [5.74, 6) is 0.0350. The van der Waals surface area contributed by atoms with Crippen molar-refractivity contribution in [3.63, 3.8) is 0 Å². The molecule has 0 bridgehead atoms. The minimum atomic E-state index is -3.69. The third-order valence-corrected chi connectivity index (χ3v) is 6.02. The Morgan fingerprint density at radius 2 is 1.81 bits per heavy atom. The number of nitrogens with zero attached hydrogens (tertiary/aromatic N) is 2. The van der Waals surface area contributed by atoms with Crippen LogP contribution in [-0.4, -0.2) is 49.7 Å². The van der Waals surface area contributed by atoms with Gasteiger partial charge in [0, 0.05) is 37.6 Å². The minimum Gasteiger partial charge on any atom is -0.340 e. The zero-order chi connectivity index (χ0) is 15.6. The molecule has 1 saturated heterocycles. The summed E-state index contributed by atoms with van der Waals surface area (Å²) in [5.41, 5.74) is 0. The van der Waals surface area contributed by atoms with Gasteiger partial charge in [0.2, 0.25) is 15.9 Å². The number of hydrogen-bond donors (Lipinski definition) is 0. The number of halogens is 2. The predicted molar refractivity (Wildman–Crippen MR) is 82.1 cm³/mol. The summed E-state index contributed by atoms with van der Waals surface area (Å²) in [6.45, 7) is 3.10. The molecule has 0 saturated carbocycles. The molecule has 1 aromatic carbocycles. The van der Waals surface area contributed by atoms with Gasteiger partial charge in [-0.15, -0.1) is 0 Å². The van der Waals surface area contributed by atoms with Crippen LogP contribution in [0.3, 0.4) is 0 Å². The van der Waals surface area contributed by atoms with E-state index in [0.29, 0.717) is 24.5 Å². The lowest BCUT2D eigenvalue weighted by Crippen LogP contribution is -2.50. The van der Waals surface area contributed by atoms with Gasteiger partial charge >= 0.3 is 0 Å². The predicted octanol–water partition coefficient (Wildman–Crippen LogP) is 2.24. The smallest absolute Gasteiger partial charge is 0.244 e. The van der Waals surface area contributed by atoms with Crippen molar-refractivity contribution in [2.75, 3.05) is 26.2 Å². The SMILES string of the molecule is CCC(=O)N1CCN(S(=O)(=O)c2cc(Cl)ccc2Cl)CC1. The molecule has 0 spiro atoms. The average molecular weight is 351 g/mol. The molecule has 1 aliphatic heterocycles. The highest BCUT2D eigenvalue weighted by Crippen LogP contribution is 2.28. The number of hydrogen-bond acceptors (Lipinski definition) is 3. The summed E-state index contributed by atoms with van der Waals surface area (Å²) < 4.78 is 26.5. The molecule has 2 rings (SSSR count). The molecule has 1 amide bonds. The van der Waals surface area contributed by atoms with Crippen LogP contribution in [0.15, 0.2) is 23.1 Å². The summed E-state index contributed by atoms with van der Waals surface area (Å²) in [7, 11) is -3.69. The van der Waals surface area contributed by atoms with Gasteiger partial charge in [-0.2, -0.15) is 4.31 Å². The molecular formula is C13H16Cl2N2O3S. The van der Waals surface area contributed by atoms with Gasteiger partial charge in [-0.1, -0.05) is 30.1 Å². The fourth-order valence-electron chi connectivity index (χ4n) is 2.22. The lowest BCUT2D eigenvalue weighted by molar-refractivity contribution is -0.132. The van der Waals surface area contributed by atoms with Crippen LogP contribution < -0.4 is 0 Å². The van der Waals surface area contributed by atoms with Gasteiger partial charge < -0.3 is 4.90 Å². The molecular weight excluding hydrogens is 335 g/mol. The first kappa shape index (κ1) is 16.5. The van der Waals surface area contributed by atoms with Crippen LogP contribution in [0.1, 0.15) is 13.3 Å².